The van der Waals surface area contributed by atoms with Gasteiger partial charge in [-0.25, -0.2) is 8.42 Å². The minimum atomic E-state index is -3.35. The molecule has 1 heterocycles. The minimum absolute atomic E-state index is 0.0651. The normalized spacial score (nSPS) is 17.2. The molecule has 7 nitrogen and oxygen atoms in total. The number of nitrogens with zero attached hydrogens (tertiary/aromatic N) is 1. The number of nitrogens with one attached hydrogen (secondary N) is 2. The molecule has 0 unspecified atom stereocenters. The molecule has 2 N–H and O–H groups in total. The largest absolute Gasteiger partial charge is 0.350 e. The van der Waals surface area contributed by atoms with Crippen molar-refractivity contribution in [1.82, 2.24) is 15.5 Å². The summed E-state index contributed by atoms with van der Waals surface area (Å²) in [7, 11) is -3.35. The molecule has 1 fully saturated rings. The summed E-state index contributed by atoms with van der Waals surface area (Å²) in [6.45, 7) is 2.00. The Morgan fingerprint density at radius 3 is 2.37 bits per heavy atom. The predicted molar refractivity (Wildman–Crippen MR) is 140 cm³/mol. The maximum Gasteiger partial charge on any atom is 0.252 e. The third-order valence-corrected chi connectivity index (χ3v) is 7.69. The molecule has 1 saturated heterocycles. The SMILES string of the molecule is CS(=O)(=O)CC[C@H](NC(=O)c1cc(Cl)cc(Cl)c1)C(=O)N[C@@H]1CCN(Cc2ccc(Cl)c(Cl)c2)C1. The van der Waals surface area contributed by atoms with Gasteiger partial charge < -0.3 is 10.6 Å². The molecule has 2 aromatic carbocycles. The van der Waals surface area contributed by atoms with Gasteiger partial charge in [0.1, 0.15) is 15.9 Å². The fourth-order valence-corrected chi connectivity index (χ4v) is 5.33. The van der Waals surface area contributed by atoms with Gasteiger partial charge in [0.05, 0.1) is 15.8 Å². The van der Waals surface area contributed by atoms with Crippen LogP contribution in [0.4, 0.5) is 0 Å². The highest BCUT2D eigenvalue weighted by atomic mass is 35.5. The fourth-order valence-electron chi connectivity index (χ4n) is 3.82. The second kappa shape index (κ2) is 12.1. The van der Waals surface area contributed by atoms with Crippen molar-refractivity contribution >= 4 is 68.1 Å². The van der Waals surface area contributed by atoms with Gasteiger partial charge in [-0.3, -0.25) is 14.5 Å². The van der Waals surface area contributed by atoms with Gasteiger partial charge in [0, 0.05) is 47.5 Å². The first kappa shape index (κ1) is 28.0. The third-order valence-electron chi connectivity index (χ3n) is 5.53. The van der Waals surface area contributed by atoms with Gasteiger partial charge in [-0.05, 0) is 48.7 Å². The van der Waals surface area contributed by atoms with Crippen LogP contribution in [-0.4, -0.2) is 62.3 Å². The van der Waals surface area contributed by atoms with Crippen molar-refractivity contribution in [2.24, 2.45) is 0 Å². The lowest BCUT2D eigenvalue weighted by molar-refractivity contribution is -0.123. The number of hydrogen-bond donors (Lipinski definition) is 2. The van der Waals surface area contributed by atoms with Crippen LogP contribution < -0.4 is 10.6 Å². The zero-order chi connectivity index (χ0) is 25.8. The van der Waals surface area contributed by atoms with Crippen LogP contribution in [0.5, 0.6) is 0 Å². The molecule has 190 valence electrons. The minimum Gasteiger partial charge on any atom is -0.350 e. The lowest BCUT2D eigenvalue weighted by Crippen LogP contribution is -2.50. The first-order valence-corrected chi connectivity index (χ1v) is 14.4. The van der Waals surface area contributed by atoms with Gasteiger partial charge in [-0.15, -0.1) is 0 Å². The lowest BCUT2D eigenvalue weighted by Gasteiger charge is -2.22. The molecule has 12 heteroatoms. The van der Waals surface area contributed by atoms with E-state index in [0.717, 1.165) is 18.4 Å². The van der Waals surface area contributed by atoms with E-state index in [-0.39, 0.29) is 33.8 Å². The fraction of sp³-hybridized carbons (Fsp3) is 0.391. The molecule has 35 heavy (non-hydrogen) atoms. The number of amides is 2. The van der Waals surface area contributed by atoms with Crippen molar-refractivity contribution in [1.29, 1.82) is 0 Å². The second-order valence-electron chi connectivity index (χ2n) is 8.58. The van der Waals surface area contributed by atoms with E-state index in [0.29, 0.717) is 29.6 Å². The van der Waals surface area contributed by atoms with Gasteiger partial charge in [-0.2, -0.15) is 0 Å². The molecule has 0 bridgehead atoms. The number of halogens is 4. The van der Waals surface area contributed by atoms with Crippen molar-refractivity contribution in [2.75, 3.05) is 25.1 Å². The Kier molecular flexibility index (Phi) is 9.71. The van der Waals surface area contributed by atoms with Crippen LogP contribution in [0.3, 0.4) is 0 Å². The summed E-state index contributed by atoms with van der Waals surface area (Å²) >= 11 is 24.0. The topological polar surface area (TPSA) is 95.6 Å². The zero-order valence-electron chi connectivity index (χ0n) is 18.9. The van der Waals surface area contributed by atoms with Gasteiger partial charge in [0.25, 0.3) is 5.91 Å². The summed E-state index contributed by atoms with van der Waals surface area (Å²) in [6.07, 6.45) is 1.73. The van der Waals surface area contributed by atoms with E-state index in [1.807, 2.05) is 12.1 Å². The quantitative estimate of drug-likeness (QED) is 0.463. The Morgan fingerprint density at radius 1 is 1.06 bits per heavy atom. The maximum absolute atomic E-state index is 13.0. The van der Waals surface area contributed by atoms with E-state index in [1.54, 1.807) is 6.07 Å². The van der Waals surface area contributed by atoms with Crippen LogP contribution >= 0.6 is 46.4 Å². The van der Waals surface area contributed by atoms with Crippen LogP contribution in [0.25, 0.3) is 0 Å². The summed E-state index contributed by atoms with van der Waals surface area (Å²) in [5.74, 6) is -1.28. The van der Waals surface area contributed by atoms with E-state index >= 15 is 0 Å². The molecule has 0 aromatic heterocycles. The van der Waals surface area contributed by atoms with E-state index < -0.39 is 27.7 Å². The predicted octanol–water partition coefficient (Wildman–Crippen LogP) is 4.22. The van der Waals surface area contributed by atoms with Crippen LogP contribution in [0.1, 0.15) is 28.8 Å². The standard InChI is InChI=1S/C23H25Cl4N3O4S/c1-35(33,34)7-5-21(29-22(31)15-9-16(24)11-17(25)10-15)23(32)28-18-4-6-30(13-18)12-14-2-3-19(26)20(27)8-14/h2-3,8-11,18,21H,4-7,12-13H2,1H3,(H,28,32)(H,29,31)/t18-,21+/m1/s1. The lowest BCUT2D eigenvalue weighted by atomic mass is 10.1. The van der Waals surface area contributed by atoms with E-state index in [2.05, 4.69) is 15.5 Å². The highest BCUT2D eigenvalue weighted by Crippen LogP contribution is 2.24. The molecule has 1 aliphatic rings. The highest BCUT2D eigenvalue weighted by molar-refractivity contribution is 7.90. The number of carbonyl (C=O) groups is 2. The van der Waals surface area contributed by atoms with Gasteiger partial charge in [0.15, 0.2) is 0 Å². The Bertz CT molecular complexity index is 1190. The summed E-state index contributed by atoms with van der Waals surface area (Å²) < 4.78 is 23.4. The molecule has 0 aliphatic carbocycles. The van der Waals surface area contributed by atoms with Crippen molar-refractivity contribution in [3.05, 3.63) is 67.6 Å². The van der Waals surface area contributed by atoms with Crippen LogP contribution in [0, 0.1) is 0 Å². The summed E-state index contributed by atoms with van der Waals surface area (Å²) in [4.78, 5) is 28.0. The van der Waals surface area contributed by atoms with E-state index in [9.17, 15) is 18.0 Å². The first-order chi connectivity index (χ1) is 16.4. The monoisotopic (exact) mass is 579 g/mol. The third kappa shape index (κ3) is 8.81. The van der Waals surface area contributed by atoms with Gasteiger partial charge >= 0.3 is 0 Å². The summed E-state index contributed by atoms with van der Waals surface area (Å²) in [6, 6.07) is 8.60. The van der Waals surface area contributed by atoms with Crippen molar-refractivity contribution in [2.45, 2.75) is 31.5 Å². The Hall–Kier alpha value is -1.55. The number of sulfone groups is 1. The van der Waals surface area contributed by atoms with E-state index in [4.69, 9.17) is 46.4 Å². The molecule has 0 spiro atoms. The summed E-state index contributed by atoms with van der Waals surface area (Å²) in [5, 5.41) is 7.08. The molecule has 2 atom stereocenters. The average molecular weight is 581 g/mol. The number of likely N-dealkylation sites (tertiary alicyclic amines) is 1. The number of rotatable bonds is 9. The van der Waals surface area contributed by atoms with Crippen molar-refractivity contribution in [3.8, 4) is 0 Å². The van der Waals surface area contributed by atoms with Gasteiger partial charge in [0.2, 0.25) is 5.91 Å². The smallest absolute Gasteiger partial charge is 0.252 e. The first-order valence-electron chi connectivity index (χ1n) is 10.8. The molecule has 2 amide bonds. The van der Waals surface area contributed by atoms with Crippen molar-refractivity contribution in [3.63, 3.8) is 0 Å². The molecule has 1 aliphatic heterocycles. The second-order valence-corrected chi connectivity index (χ2v) is 12.5. The van der Waals surface area contributed by atoms with Crippen LogP contribution in [0.15, 0.2) is 36.4 Å². The molecule has 0 saturated carbocycles. The maximum atomic E-state index is 13.0. The van der Waals surface area contributed by atoms with Crippen LogP contribution in [-0.2, 0) is 21.2 Å². The number of carbonyl (C=O) groups excluding carboxylic acids is 2. The van der Waals surface area contributed by atoms with Gasteiger partial charge in [-0.1, -0.05) is 52.5 Å². The Morgan fingerprint density at radius 2 is 1.74 bits per heavy atom. The molecular weight excluding hydrogens is 556 g/mol. The highest BCUT2D eigenvalue weighted by Gasteiger charge is 2.29. The van der Waals surface area contributed by atoms with E-state index in [1.165, 1.54) is 18.2 Å². The Balaban J connectivity index is 1.63. The van der Waals surface area contributed by atoms with Crippen LogP contribution in [0.2, 0.25) is 20.1 Å². The Labute approximate surface area is 225 Å². The molecule has 0 radical (unpaired) electrons. The molecule has 3 rings (SSSR count). The zero-order valence-corrected chi connectivity index (χ0v) is 22.7. The molecule has 2 aromatic rings. The number of benzene rings is 2. The van der Waals surface area contributed by atoms with Crippen molar-refractivity contribution < 1.29 is 18.0 Å². The average Bonchev–Trinajstić information content (AvgIpc) is 3.18. The molecular formula is C23H25Cl4N3O4S. The summed E-state index contributed by atoms with van der Waals surface area (Å²) in [5.41, 5.74) is 1.18. The number of hydrogen-bond acceptors (Lipinski definition) is 5.